The number of hydrogen-bond donors (Lipinski definition) is 2. The number of ether oxygens (including phenoxy) is 2. The zero-order valence-corrected chi connectivity index (χ0v) is 15.4. The number of aromatic hydroxyl groups is 1. The van der Waals surface area contributed by atoms with Crippen LogP contribution in [-0.4, -0.2) is 36.7 Å². The molecule has 0 aliphatic rings. The van der Waals surface area contributed by atoms with Crippen molar-refractivity contribution in [3.05, 3.63) is 58.4 Å². The van der Waals surface area contributed by atoms with Crippen molar-refractivity contribution in [2.45, 2.75) is 13.3 Å². The molecule has 2 rings (SSSR count). The Morgan fingerprint density at radius 3 is 2.59 bits per heavy atom. The van der Waals surface area contributed by atoms with Crippen molar-refractivity contribution in [1.82, 2.24) is 5.32 Å². The monoisotopic (exact) mass is 395 g/mol. The molecule has 0 bridgehead atoms. The molecule has 0 unspecified atom stereocenters. The summed E-state index contributed by atoms with van der Waals surface area (Å²) in [5, 5.41) is 12.3. The molecule has 0 spiro atoms. The van der Waals surface area contributed by atoms with Gasteiger partial charge in [-0.2, -0.15) is 0 Å². The number of carbonyl (C=O) groups is 2. The second-order valence-electron chi connectivity index (χ2n) is 5.54. The molecule has 0 radical (unpaired) electrons. The number of halogens is 2. The minimum absolute atomic E-state index is 0.0559. The van der Waals surface area contributed by atoms with Gasteiger partial charge in [0.25, 0.3) is 5.91 Å². The van der Waals surface area contributed by atoms with E-state index in [1.54, 1.807) is 19.1 Å². The SMILES string of the molecule is CCOc1cc(C(=O)OCC(=O)NCCc2ccc(F)cc2)cc(Cl)c1O. The maximum Gasteiger partial charge on any atom is 0.338 e. The van der Waals surface area contributed by atoms with Gasteiger partial charge in [-0.05, 0) is 43.2 Å². The Hall–Kier alpha value is -2.80. The number of esters is 1. The van der Waals surface area contributed by atoms with Crippen LogP contribution in [-0.2, 0) is 16.0 Å². The van der Waals surface area contributed by atoms with E-state index in [1.807, 2.05) is 0 Å². The van der Waals surface area contributed by atoms with Crippen molar-refractivity contribution in [3.63, 3.8) is 0 Å². The minimum Gasteiger partial charge on any atom is -0.503 e. The Labute approximate surface area is 160 Å². The fourth-order valence-electron chi connectivity index (χ4n) is 2.22. The first kappa shape index (κ1) is 20.5. The fourth-order valence-corrected chi connectivity index (χ4v) is 2.43. The van der Waals surface area contributed by atoms with Gasteiger partial charge in [0.1, 0.15) is 5.82 Å². The first-order valence-corrected chi connectivity index (χ1v) is 8.62. The van der Waals surface area contributed by atoms with Crippen molar-refractivity contribution in [2.75, 3.05) is 19.8 Å². The van der Waals surface area contributed by atoms with Gasteiger partial charge >= 0.3 is 5.97 Å². The third-order valence-electron chi connectivity index (χ3n) is 3.55. The Morgan fingerprint density at radius 2 is 1.93 bits per heavy atom. The van der Waals surface area contributed by atoms with Crippen LogP contribution in [0.4, 0.5) is 4.39 Å². The van der Waals surface area contributed by atoms with E-state index in [4.69, 9.17) is 21.1 Å². The highest BCUT2D eigenvalue weighted by Crippen LogP contribution is 2.35. The minimum atomic E-state index is -0.772. The third kappa shape index (κ3) is 6.14. The highest BCUT2D eigenvalue weighted by molar-refractivity contribution is 6.32. The lowest BCUT2D eigenvalue weighted by molar-refractivity contribution is -0.124. The van der Waals surface area contributed by atoms with Crippen molar-refractivity contribution >= 4 is 23.5 Å². The molecular formula is C19H19ClFNO5. The van der Waals surface area contributed by atoms with Crippen LogP contribution in [0, 0.1) is 5.82 Å². The van der Waals surface area contributed by atoms with Crippen molar-refractivity contribution in [2.24, 2.45) is 0 Å². The van der Waals surface area contributed by atoms with Crippen molar-refractivity contribution < 1.29 is 28.6 Å². The summed E-state index contributed by atoms with van der Waals surface area (Å²) >= 11 is 5.86. The molecule has 0 atom stereocenters. The molecule has 0 saturated carbocycles. The van der Waals surface area contributed by atoms with Gasteiger partial charge in [-0.15, -0.1) is 0 Å². The van der Waals surface area contributed by atoms with Crippen LogP contribution in [0.15, 0.2) is 36.4 Å². The van der Waals surface area contributed by atoms with Crippen LogP contribution < -0.4 is 10.1 Å². The molecule has 27 heavy (non-hydrogen) atoms. The fraction of sp³-hybridized carbons (Fsp3) is 0.263. The predicted octanol–water partition coefficient (Wildman–Crippen LogP) is 3.10. The molecule has 0 fully saturated rings. The molecule has 144 valence electrons. The second kappa shape index (κ2) is 9.78. The van der Waals surface area contributed by atoms with E-state index < -0.39 is 18.5 Å². The Kier molecular flexibility index (Phi) is 7.43. The normalized spacial score (nSPS) is 10.3. The number of hydrogen-bond acceptors (Lipinski definition) is 5. The molecule has 0 aromatic heterocycles. The van der Waals surface area contributed by atoms with E-state index in [-0.39, 0.29) is 34.5 Å². The van der Waals surface area contributed by atoms with Crippen LogP contribution in [0.5, 0.6) is 11.5 Å². The van der Waals surface area contributed by atoms with Crippen molar-refractivity contribution in [3.8, 4) is 11.5 Å². The Morgan fingerprint density at radius 1 is 1.22 bits per heavy atom. The lowest BCUT2D eigenvalue weighted by atomic mass is 10.1. The number of amides is 1. The maximum absolute atomic E-state index is 12.8. The largest absolute Gasteiger partial charge is 0.503 e. The van der Waals surface area contributed by atoms with E-state index in [0.717, 1.165) is 5.56 Å². The standard InChI is InChI=1S/C19H19ClFNO5/c1-2-26-16-10-13(9-15(20)18(16)24)19(25)27-11-17(23)22-8-7-12-3-5-14(21)6-4-12/h3-6,9-10,24H,2,7-8,11H2,1H3,(H,22,23). The smallest absolute Gasteiger partial charge is 0.338 e. The second-order valence-corrected chi connectivity index (χ2v) is 5.95. The highest BCUT2D eigenvalue weighted by atomic mass is 35.5. The van der Waals surface area contributed by atoms with E-state index in [1.165, 1.54) is 24.3 Å². The van der Waals surface area contributed by atoms with Crippen LogP contribution in [0.1, 0.15) is 22.8 Å². The zero-order chi connectivity index (χ0) is 19.8. The van der Waals surface area contributed by atoms with Gasteiger partial charge in [0.2, 0.25) is 0 Å². The summed E-state index contributed by atoms with van der Waals surface area (Å²) in [6.07, 6.45) is 0.519. The molecule has 6 nitrogen and oxygen atoms in total. The lowest BCUT2D eigenvalue weighted by Gasteiger charge is -2.10. The Bertz CT molecular complexity index is 810. The quantitative estimate of drug-likeness (QED) is 0.671. The summed E-state index contributed by atoms with van der Waals surface area (Å²) < 4.78 is 23.0. The van der Waals surface area contributed by atoms with Crippen LogP contribution in [0.3, 0.4) is 0 Å². The summed E-state index contributed by atoms with van der Waals surface area (Å²) in [6.45, 7) is 1.85. The predicted molar refractivity (Wildman–Crippen MR) is 97.7 cm³/mol. The summed E-state index contributed by atoms with van der Waals surface area (Å²) in [5.74, 6) is -1.78. The van der Waals surface area contributed by atoms with Gasteiger partial charge in [0.15, 0.2) is 18.1 Å². The molecule has 2 aromatic rings. The van der Waals surface area contributed by atoms with Gasteiger partial charge in [0, 0.05) is 6.54 Å². The molecular weight excluding hydrogens is 377 g/mol. The highest BCUT2D eigenvalue weighted by Gasteiger charge is 2.16. The number of phenols is 1. The number of nitrogens with one attached hydrogen (secondary N) is 1. The molecule has 2 aromatic carbocycles. The number of benzene rings is 2. The van der Waals surface area contributed by atoms with Gasteiger partial charge in [-0.25, -0.2) is 9.18 Å². The van der Waals surface area contributed by atoms with E-state index in [0.29, 0.717) is 13.0 Å². The van der Waals surface area contributed by atoms with Gasteiger partial charge in [0.05, 0.1) is 17.2 Å². The number of rotatable bonds is 8. The molecule has 0 aliphatic carbocycles. The van der Waals surface area contributed by atoms with Gasteiger partial charge in [-0.1, -0.05) is 23.7 Å². The maximum atomic E-state index is 12.8. The molecule has 0 heterocycles. The Balaban J connectivity index is 1.82. The number of phenolic OH excluding ortho intramolecular Hbond substituents is 1. The summed E-state index contributed by atoms with van der Waals surface area (Å²) in [7, 11) is 0. The third-order valence-corrected chi connectivity index (χ3v) is 3.84. The van der Waals surface area contributed by atoms with Crippen LogP contribution >= 0.6 is 11.6 Å². The van der Waals surface area contributed by atoms with E-state index in [9.17, 15) is 19.1 Å². The van der Waals surface area contributed by atoms with E-state index >= 15 is 0 Å². The summed E-state index contributed by atoms with van der Waals surface area (Å²) in [5.41, 5.74) is 0.927. The average Bonchev–Trinajstić information content (AvgIpc) is 2.65. The first-order valence-electron chi connectivity index (χ1n) is 8.24. The molecule has 8 heteroatoms. The summed E-state index contributed by atoms with van der Waals surface area (Å²) in [4.78, 5) is 23.8. The average molecular weight is 396 g/mol. The first-order chi connectivity index (χ1) is 12.9. The van der Waals surface area contributed by atoms with Crippen molar-refractivity contribution in [1.29, 1.82) is 0 Å². The molecule has 1 amide bonds. The van der Waals surface area contributed by atoms with Gasteiger partial charge < -0.3 is 19.9 Å². The molecule has 2 N–H and O–H groups in total. The van der Waals surface area contributed by atoms with Gasteiger partial charge in [-0.3, -0.25) is 4.79 Å². The van der Waals surface area contributed by atoms with Crippen LogP contribution in [0.2, 0.25) is 5.02 Å². The summed E-state index contributed by atoms with van der Waals surface area (Å²) in [6, 6.07) is 8.47. The zero-order valence-electron chi connectivity index (χ0n) is 14.6. The van der Waals surface area contributed by atoms with E-state index in [2.05, 4.69) is 5.32 Å². The number of carbonyl (C=O) groups excluding carboxylic acids is 2. The van der Waals surface area contributed by atoms with Crippen LogP contribution in [0.25, 0.3) is 0 Å². The molecule has 0 aliphatic heterocycles. The topological polar surface area (TPSA) is 84.9 Å². The lowest BCUT2D eigenvalue weighted by Crippen LogP contribution is -2.30. The molecule has 0 saturated heterocycles.